The molecule has 5 nitrogen and oxygen atoms in total. The van der Waals surface area contributed by atoms with Gasteiger partial charge in [-0.25, -0.2) is 13.1 Å². The van der Waals surface area contributed by atoms with Gasteiger partial charge in [0.25, 0.3) is 0 Å². The smallest absolute Gasteiger partial charge is 0.244 e. The molecule has 0 fully saturated rings. The molecule has 1 aromatic rings. The summed E-state index contributed by atoms with van der Waals surface area (Å²) in [6.45, 7) is 7.83. The molecule has 2 N–H and O–H groups in total. The third-order valence-electron chi connectivity index (χ3n) is 3.36. The Labute approximate surface area is 122 Å². The molecule has 1 aromatic carbocycles. The summed E-state index contributed by atoms with van der Waals surface area (Å²) in [6.07, 6.45) is 0.825. The topological polar surface area (TPSA) is 59.8 Å². The van der Waals surface area contributed by atoms with Crippen molar-refractivity contribution in [2.75, 3.05) is 33.3 Å². The highest BCUT2D eigenvalue weighted by molar-refractivity contribution is 7.89. The van der Waals surface area contributed by atoms with Crippen molar-refractivity contribution in [2.45, 2.75) is 25.2 Å². The van der Waals surface area contributed by atoms with E-state index in [1.54, 1.807) is 24.3 Å². The van der Waals surface area contributed by atoms with Gasteiger partial charge < -0.3 is 9.64 Å². The number of rotatable bonds is 9. The van der Waals surface area contributed by atoms with Crippen molar-refractivity contribution in [3.63, 3.8) is 0 Å². The Balaban J connectivity index is 2.58. The van der Waals surface area contributed by atoms with E-state index in [1.165, 1.54) is 12.0 Å². The number of hydrogen-bond acceptors (Lipinski definition) is 3. The van der Waals surface area contributed by atoms with E-state index < -0.39 is 10.0 Å². The molecular weight excluding hydrogens is 276 g/mol. The van der Waals surface area contributed by atoms with Crippen molar-refractivity contribution < 1.29 is 18.1 Å². The van der Waals surface area contributed by atoms with E-state index >= 15 is 0 Å². The third kappa shape index (κ3) is 4.77. The van der Waals surface area contributed by atoms with Crippen LogP contribution in [0.4, 0.5) is 0 Å². The minimum atomic E-state index is -3.50. The van der Waals surface area contributed by atoms with Crippen LogP contribution < -0.4 is 14.4 Å². The molecule has 0 saturated carbocycles. The molecule has 0 aliphatic rings. The van der Waals surface area contributed by atoms with Crippen molar-refractivity contribution in [3.8, 4) is 5.75 Å². The van der Waals surface area contributed by atoms with Crippen molar-refractivity contribution in [3.05, 3.63) is 24.3 Å². The molecule has 0 aromatic heterocycles. The highest BCUT2D eigenvalue weighted by atomic mass is 32.2. The molecule has 0 bridgehead atoms. The normalized spacial score (nSPS) is 11.8. The lowest BCUT2D eigenvalue weighted by atomic mass is 10.3. The summed E-state index contributed by atoms with van der Waals surface area (Å²) < 4.78 is 32.1. The van der Waals surface area contributed by atoms with Crippen molar-refractivity contribution in [2.24, 2.45) is 0 Å². The van der Waals surface area contributed by atoms with Gasteiger partial charge in [0.2, 0.25) is 10.0 Å². The monoisotopic (exact) mass is 301 g/mol. The first kappa shape index (κ1) is 16.9. The summed E-state index contributed by atoms with van der Waals surface area (Å²) in [5.74, 6) is 0.370. The Morgan fingerprint density at radius 2 is 1.85 bits per heavy atom. The maximum Gasteiger partial charge on any atom is 0.244 e. The van der Waals surface area contributed by atoms with E-state index in [9.17, 15) is 8.42 Å². The van der Waals surface area contributed by atoms with Crippen LogP contribution in [0.5, 0.6) is 5.75 Å². The molecule has 114 valence electrons. The molecule has 0 saturated heterocycles. The van der Waals surface area contributed by atoms with Crippen molar-refractivity contribution in [1.29, 1.82) is 0 Å². The Kier molecular flexibility index (Phi) is 6.98. The van der Waals surface area contributed by atoms with Gasteiger partial charge in [-0.05, 0) is 26.0 Å². The average Bonchev–Trinajstić information content (AvgIpc) is 2.47. The van der Waals surface area contributed by atoms with E-state index in [2.05, 4.69) is 18.6 Å². The Hall–Kier alpha value is -1.11. The lowest BCUT2D eigenvalue weighted by Crippen LogP contribution is -3.11. The summed E-state index contributed by atoms with van der Waals surface area (Å²) >= 11 is 0. The maximum atomic E-state index is 12.2. The molecule has 0 radical (unpaired) electrons. The first-order chi connectivity index (χ1) is 9.55. The predicted octanol–water partition coefficient (Wildman–Crippen LogP) is 0.288. The van der Waals surface area contributed by atoms with Crippen LogP contribution in [-0.4, -0.2) is 41.7 Å². The molecule has 0 amide bonds. The van der Waals surface area contributed by atoms with Gasteiger partial charge >= 0.3 is 0 Å². The number of para-hydroxylation sites is 1. The first-order valence-corrected chi connectivity index (χ1v) is 8.49. The van der Waals surface area contributed by atoms with E-state index in [-0.39, 0.29) is 4.90 Å². The summed E-state index contributed by atoms with van der Waals surface area (Å²) in [6, 6.07) is 6.64. The molecule has 0 spiro atoms. The molecule has 1 rings (SSSR count). The number of nitrogens with one attached hydrogen (secondary N) is 2. The fourth-order valence-corrected chi connectivity index (χ4v) is 3.31. The van der Waals surface area contributed by atoms with Crippen LogP contribution in [0.2, 0.25) is 0 Å². The van der Waals surface area contributed by atoms with Crippen molar-refractivity contribution in [1.82, 2.24) is 4.72 Å². The van der Waals surface area contributed by atoms with E-state index in [0.29, 0.717) is 12.3 Å². The lowest BCUT2D eigenvalue weighted by molar-refractivity contribution is -0.896. The highest BCUT2D eigenvalue weighted by Crippen LogP contribution is 2.22. The van der Waals surface area contributed by atoms with Gasteiger partial charge in [0.15, 0.2) is 0 Å². The molecule has 6 heteroatoms. The number of benzene rings is 1. The third-order valence-corrected chi connectivity index (χ3v) is 4.86. The number of hydrogen-bond donors (Lipinski definition) is 2. The van der Waals surface area contributed by atoms with Gasteiger partial charge in [-0.1, -0.05) is 12.1 Å². The van der Waals surface area contributed by atoms with Gasteiger partial charge in [-0.15, -0.1) is 0 Å². The zero-order valence-corrected chi connectivity index (χ0v) is 13.3. The maximum absolute atomic E-state index is 12.2. The van der Waals surface area contributed by atoms with E-state index in [1.807, 2.05) is 0 Å². The van der Waals surface area contributed by atoms with E-state index in [4.69, 9.17) is 4.74 Å². The number of quaternary nitrogens is 1. The fraction of sp³-hybridized carbons (Fsp3) is 0.571. The van der Waals surface area contributed by atoms with Crippen LogP contribution in [0.1, 0.15) is 20.3 Å². The van der Waals surface area contributed by atoms with Gasteiger partial charge in [-0.3, -0.25) is 0 Å². The van der Waals surface area contributed by atoms with Gasteiger partial charge in [0.1, 0.15) is 10.6 Å². The second kappa shape index (κ2) is 8.24. The van der Waals surface area contributed by atoms with Crippen LogP contribution in [0.3, 0.4) is 0 Å². The lowest BCUT2D eigenvalue weighted by Gasteiger charge is -2.15. The van der Waals surface area contributed by atoms with Gasteiger partial charge in [0, 0.05) is 13.0 Å². The Bertz CT molecular complexity index is 499. The minimum Gasteiger partial charge on any atom is -0.495 e. The number of sulfonamides is 1. The quantitative estimate of drug-likeness (QED) is 0.645. The van der Waals surface area contributed by atoms with Crippen LogP contribution in [0.15, 0.2) is 29.2 Å². The Morgan fingerprint density at radius 3 is 2.45 bits per heavy atom. The molecule has 0 atom stereocenters. The zero-order chi connectivity index (χ0) is 15.0. The molecular formula is C14H25N2O3S+. The molecule has 0 aliphatic carbocycles. The standard InChI is InChI=1S/C14H24N2O3S/c1-4-16(5-2)12-8-11-15-20(17,18)14-10-7-6-9-13(14)19-3/h6-7,9-10,15H,4-5,8,11-12H2,1-3H3/p+1. The first-order valence-electron chi connectivity index (χ1n) is 7.01. The largest absolute Gasteiger partial charge is 0.495 e. The van der Waals surface area contributed by atoms with Crippen LogP contribution >= 0.6 is 0 Å². The molecule has 0 heterocycles. The summed E-state index contributed by atoms with van der Waals surface area (Å²) in [7, 11) is -2.03. The summed E-state index contributed by atoms with van der Waals surface area (Å²) in [5, 5.41) is 0. The highest BCUT2D eigenvalue weighted by Gasteiger charge is 2.18. The average molecular weight is 301 g/mol. The van der Waals surface area contributed by atoms with Crippen molar-refractivity contribution >= 4 is 10.0 Å². The van der Waals surface area contributed by atoms with Gasteiger partial charge in [0.05, 0.1) is 26.7 Å². The van der Waals surface area contributed by atoms with Crippen LogP contribution in [0.25, 0.3) is 0 Å². The van der Waals surface area contributed by atoms with Crippen LogP contribution in [-0.2, 0) is 10.0 Å². The molecule has 0 unspecified atom stereocenters. The second-order valence-corrected chi connectivity index (χ2v) is 6.34. The Morgan fingerprint density at radius 1 is 1.20 bits per heavy atom. The predicted molar refractivity (Wildman–Crippen MR) is 79.7 cm³/mol. The summed E-state index contributed by atoms with van der Waals surface area (Å²) in [5.41, 5.74) is 0. The fourth-order valence-electron chi connectivity index (χ4n) is 2.07. The molecule has 0 aliphatic heterocycles. The number of ether oxygens (including phenoxy) is 1. The number of methoxy groups -OCH3 is 1. The van der Waals surface area contributed by atoms with Crippen LogP contribution in [0, 0.1) is 0 Å². The minimum absolute atomic E-state index is 0.192. The molecule has 20 heavy (non-hydrogen) atoms. The van der Waals surface area contributed by atoms with E-state index in [0.717, 1.165) is 26.1 Å². The summed E-state index contributed by atoms with van der Waals surface area (Å²) in [4.78, 5) is 1.67. The zero-order valence-electron chi connectivity index (χ0n) is 12.5. The second-order valence-electron chi connectivity index (χ2n) is 4.61. The van der Waals surface area contributed by atoms with Gasteiger partial charge in [-0.2, -0.15) is 0 Å². The SMILES string of the molecule is CC[NH+](CC)CCCNS(=O)(=O)c1ccccc1OC.